The summed E-state index contributed by atoms with van der Waals surface area (Å²) in [7, 11) is 1.86. The van der Waals surface area contributed by atoms with Crippen LogP contribution in [0.2, 0.25) is 0 Å². The molecule has 0 aliphatic carbocycles. The minimum absolute atomic E-state index is 0.0167. The molecule has 2 saturated heterocycles. The predicted octanol–water partition coefficient (Wildman–Crippen LogP) is 2.56. The van der Waals surface area contributed by atoms with E-state index in [2.05, 4.69) is 10.3 Å². The van der Waals surface area contributed by atoms with Gasteiger partial charge < -0.3 is 24.5 Å². The number of fused-ring (bicyclic) bond motifs is 1. The molecule has 5 rings (SSSR count). The van der Waals surface area contributed by atoms with Crippen LogP contribution in [0.3, 0.4) is 0 Å². The third-order valence-corrected chi connectivity index (χ3v) is 6.52. The number of hydrogen-bond donors (Lipinski definition) is 2. The molecule has 2 N–H and O–H groups in total. The monoisotopic (exact) mass is 406 g/mol. The molecule has 1 aromatic carbocycles. The van der Waals surface area contributed by atoms with Gasteiger partial charge in [0.15, 0.2) is 0 Å². The van der Waals surface area contributed by atoms with Gasteiger partial charge in [-0.25, -0.2) is 0 Å². The van der Waals surface area contributed by atoms with E-state index in [0.29, 0.717) is 43.5 Å². The Balaban J connectivity index is 1.17. The SMILES string of the molecule is Cn1cccc1C(=O)NCCC1CCOC12CN(C(=O)c1cc3ccccc3[nH]1)C2. The predicted molar refractivity (Wildman–Crippen MR) is 113 cm³/mol. The summed E-state index contributed by atoms with van der Waals surface area (Å²) in [5.74, 6) is 0.306. The highest BCUT2D eigenvalue weighted by molar-refractivity contribution is 5.98. The maximum Gasteiger partial charge on any atom is 0.270 e. The summed E-state index contributed by atoms with van der Waals surface area (Å²) < 4.78 is 7.91. The van der Waals surface area contributed by atoms with Crippen LogP contribution in [0.1, 0.15) is 33.8 Å². The first kappa shape index (κ1) is 18.9. The molecule has 1 unspecified atom stereocenters. The Kier molecular flexibility index (Phi) is 4.62. The summed E-state index contributed by atoms with van der Waals surface area (Å²) in [4.78, 5) is 30.3. The quantitative estimate of drug-likeness (QED) is 0.684. The lowest BCUT2D eigenvalue weighted by molar-refractivity contribution is -0.118. The van der Waals surface area contributed by atoms with E-state index >= 15 is 0 Å². The van der Waals surface area contributed by atoms with E-state index in [1.807, 2.05) is 65.2 Å². The molecule has 4 heterocycles. The highest BCUT2D eigenvalue weighted by atomic mass is 16.5. The number of H-pyrrole nitrogens is 1. The van der Waals surface area contributed by atoms with Crippen LogP contribution >= 0.6 is 0 Å². The van der Waals surface area contributed by atoms with Gasteiger partial charge in [0.05, 0.1) is 13.1 Å². The molecule has 2 aromatic heterocycles. The van der Waals surface area contributed by atoms with Gasteiger partial charge >= 0.3 is 0 Å². The van der Waals surface area contributed by atoms with Gasteiger partial charge in [0.2, 0.25) is 0 Å². The maximum absolute atomic E-state index is 12.9. The molecule has 2 amide bonds. The van der Waals surface area contributed by atoms with Crippen molar-refractivity contribution < 1.29 is 14.3 Å². The van der Waals surface area contributed by atoms with Gasteiger partial charge in [0.1, 0.15) is 17.0 Å². The van der Waals surface area contributed by atoms with Crippen LogP contribution in [-0.2, 0) is 11.8 Å². The lowest BCUT2D eigenvalue weighted by Crippen LogP contribution is -2.66. The molecular formula is C23H26N4O3. The standard InChI is InChI=1S/C23H26N4O3/c1-26-11-4-7-20(26)21(28)24-10-8-17-9-12-30-23(17)14-27(15-23)22(29)19-13-16-5-2-3-6-18(16)25-19/h2-7,11,13,17,25H,8-10,12,14-15H2,1H3,(H,24,28). The Labute approximate surface area is 175 Å². The zero-order chi connectivity index (χ0) is 20.7. The average molecular weight is 406 g/mol. The van der Waals surface area contributed by atoms with E-state index in [1.54, 1.807) is 0 Å². The van der Waals surface area contributed by atoms with Crippen molar-refractivity contribution in [3.05, 3.63) is 60.0 Å². The molecule has 156 valence electrons. The molecule has 2 aliphatic rings. The summed E-state index contributed by atoms with van der Waals surface area (Å²) >= 11 is 0. The summed E-state index contributed by atoms with van der Waals surface area (Å²) in [6.07, 6.45) is 3.68. The van der Waals surface area contributed by atoms with Crippen molar-refractivity contribution in [2.75, 3.05) is 26.2 Å². The van der Waals surface area contributed by atoms with Crippen LogP contribution < -0.4 is 5.32 Å². The summed E-state index contributed by atoms with van der Waals surface area (Å²) in [6, 6.07) is 13.5. The lowest BCUT2D eigenvalue weighted by Gasteiger charge is -2.50. The minimum atomic E-state index is -0.266. The van der Waals surface area contributed by atoms with Crippen LogP contribution in [0.25, 0.3) is 10.9 Å². The Morgan fingerprint density at radius 3 is 2.83 bits per heavy atom. The summed E-state index contributed by atoms with van der Waals surface area (Å²) in [5, 5.41) is 4.05. The molecular weight excluding hydrogens is 380 g/mol. The van der Waals surface area contributed by atoms with E-state index in [0.717, 1.165) is 23.7 Å². The highest BCUT2D eigenvalue weighted by Crippen LogP contribution is 2.42. The number of para-hydroxylation sites is 1. The molecule has 7 heteroatoms. The van der Waals surface area contributed by atoms with Crippen LogP contribution in [0.5, 0.6) is 0 Å². The number of rotatable bonds is 5. The van der Waals surface area contributed by atoms with Crippen LogP contribution in [0.15, 0.2) is 48.7 Å². The molecule has 0 saturated carbocycles. The highest BCUT2D eigenvalue weighted by Gasteiger charge is 2.54. The van der Waals surface area contributed by atoms with Crippen molar-refractivity contribution >= 4 is 22.7 Å². The maximum atomic E-state index is 12.9. The first-order chi connectivity index (χ1) is 14.6. The largest absolute Gasteiger partial charge is 0.371 e. The van der Waals surface area contributed by atoms with Crippen molar-refractivity contribution in [3.63, 3.8) is 0 Å². The lowest BCUT2D eigenvalue weighted by atomic mass is 9.78. The first-order valence-corrected chi connectivity index (χ1v) is 10.5. The molecule has 7 nitrogen and oxygen atoms in total. The second kappa shape index (κ2) is 7.32. The van der Waals surface area contributed by atoms with E-state index in [1.165, 1.54) is 0 Å². The summed E-state index contributed by atoms with van der Waals surface area (Å²) in [5.41, 5.74) is 1.98. The van der Waals surface area contributed by atoms with E-state index < -0.39 is 0 Å². The number of carbonyl (C=O) groups excluding carboxylic acids is 2. The Hall–Kier alpha value is -3.06. The third-order valence-electron chi connectivity index (χ3n) is 6.52. The molecule has 1 atom stereocenters. The topological polar surface area (TPSA) is 79.4 Å². The molecule has 2 fully saturated rings. The number of aromatic amines is 1. The number of amides is 2. The van der Waals surface area contributed by atoms with Crippen LogP contribution in [-0.4, -0.2) is 58.1 Å². The molecule has 0 bridgehead atoms. The fourth-order valence-corrected chi connectivity index (χ4v) is 4.79. The Morgan fingerprint density at radius 1 is 1.23 bits per heavy atom. The zero-order valence-corrected chi connectivity index (χ0v) is 17.1. The van der Waals surface area contributed by atoms with E-state index in [9.17, 15) is 9.59 Å². The average Bonchev–Trinajstić information content (AvgIpc) is 3.43. The first-order valence-electron chi connectivity index (χ1n) is 10.5. The molecule has 30 heavy (non-hydrogen) atoms. The number of benzene rings is 1. The molecule has 3 aromatic rings. The van der Waals surface area contributed by atoms with Gasteiger partial charge in [-0.15, -0.1) is 0 Å². The van der Waals surface area contributed by atoms with Gasteiger partial charge in [0, 0.05) is 37.3 Å². The Morgan fingerprint density at radius 2 is 2.07 bits per heavy atom. The van der Waals surface area contributed by atoms with Gasteiger partial charge in [-0.3, -0.25) is 9.59 Å². The van der Waals surface area contributed by atoms with Crippen molar-refractivity contribution in [2.45, 2.75) is 18.4 Å². The number of ether oxygens (including phenoxy) is 1. The van der Waals surface area contributed by atoms with Gasteiger partial charge in [-0.1, -0.05) is 18.2 Å². The summed E-state index contributed by atoms with van der Waals surface area (Å²) in [6.45, 7) is 2.54. The van der Waals surface area contributed by atoms with Crippen molar-refractivity contribution in [3.8, 4) is 0 Å². The Bertz CT molecular complexity index is 1060. The number of nitrogens with zero attached hydrogens (tertiary/aromatic N) is 2. The third kappa shape index (κ3) is 3.19. The smallest absolute Gasteiger partial charge is 0.270 e. The number of nitrogens with one attached hydrogen (secondary N) is 2. The number of carbonyl (C=O) groups is 2. The molecule has 2 aliphatic heterocycles. The van der Waals surface area contributed by atoms with Gasteiger partial charge in [-0.05, 0) is 43.0 Å². The second-order valence-corrected chi connectivity index (χ2v) is 8.38. The number of likely N-dealkylation sites (tertiary alicyclic amines) is 1. The number of hydrogen-bond acceptors (Lipinski definition) is 3. The zero-order valence-electron chi connectivity index (χ0n) is 17.1. The van der Waals surface area contributed by atoms with Crippen molar-refractivity contribution in [1.29, 1.82) is 0 Å². The molecule has 0 radical (unpaired) electrons. The van der Waals surface area contributed by atoms with Gasteiger partial charge in [-0.2, -0.15) is 0 Å². The fraction of sp³-hybridized carbons (Fsp3) is 0.391. The van der Waals surface area contributed by atoms with Crippen molar-refractivity contribution in [1.82, 2.24) is 19.8 Å². The second-order valence-electron chi connectivity index (χ2n) is 8.38. The normalized spacial score (nSPS) is 19.9. The molecule has 1 spiro atoms. The van der Waals surface area contributed by atoms with Gasteiger partial charge in [0.25, 0.3) is 11.8 Å². The van der Waals surface area contributed by atoms with Crippen LogP contribution in [0, 0.1) is 5.92 Å². The minimum Gasteiger partial charge on any atom is -0.371 e. The number of aryl methyl sites for hydroxylation is 1. The van der Waals surface area contributed by atoms with Crippen molar-refractivity contribution in [2.24, 2.45) is 13.0 Å². The number of aromatic nitrogens is 2. The van der Waals surface area contributed by atoms with E-state index in [-0.39, 0.29) is 17.4 Å². The fourth-order valence-electron chi connectivity index (χ4n) is 4.79. The van der Waals surface area contributed by atoms with Crippen LogP contribution in [0.4, 0.5) is 0 Å². The van der Waals surface area contributed by atoms with E-state index in [4.69, 9.17) is 4.74 Å².